The summed E-state index contributed by atoms with van der Waals surface area (Å²) in [4.78, 5) is 16.3. The molecule has 0 atom stereocenters. The largest absolute Gasteiger partial charge is 0.434 e. The minimum atomic E-state index is -2.88. The van der Waals surface area contributed by atoms with Gasteiger partial charge in [-0.3, -0.25) is 0 Å². The molecular formula is C22H29F2N5O2. The quantitative estimate of drug-likeness (QED) is 0.355. The molecule has 0 aliphatic heterocycles. The molecule has 4 N–H and O–H groups in total. The Morgan fingerprint density at radius 3 is 2.42 bits per heavy atom. The van der Waals surface area contributed by atoms with E-state index in [4.69, 9.17) is 0 Å². The summed E-state index contributed by atoms with van der Waals surface area (Å²) >= 11 is 0. The number of urea groups is 1. The predicted molar refractivity (Wildman–Crippen MR) is 118 cm³/mol. The van der Waals surface area contributed by atoms with Crippen molar-refractivity contribution in [3.63, 3.8) is 0 Å². The van der Waals surface area contributed by atoms with Gasteiger partial charge in [0.25, 0.3) is 0 Å². The van der Waals surface area contributed by atoms with Crippen molar-refractivity contribution in [2.45, 2.75) is 46.5 Å². The van der Waals surface area contributed by atoms with Crippen LogP contribution in [0.25, 0.3) is 0 Å². The fourth-order valence-corrected chi connectivity index (χ4v) is 2.67. The summed E-state index contributed by atoms with van der Waals surface area (Å²) in [5.41, 5.74) is 2.24. The fraction of sp³-hybridized carbons (Fsp3) is 0.364. The number of guanidine groups is 1. The molecule has 31 heavy (non-hydrogen) atoms. The number of aliphatic imine (C=N–C) groups is 1. The standard InChI is InChI=1S/C22H29F2N5O2/c1-4-25-21(27-14-17-7-5-6-8-19(17)31-20(23)24)26-13-16-9-11-18(12-10-16)29-22(30)28-15(2)3/h5-12,15,20H,4,13-14H2,1-3H3,(H2,25,26,27)(H2,28,29,30). The third-order valence-electron chi connectivity index (χ3n) is 4.03. The Labute approximate surface area is 181 Å². The summed E-state index contributed by atoms with van der Waals surface area (Å²) < 4.78 is 29.7. The molecule has 7 nitrogen and oxygen atoms in total. The van der Waals surface area contributed by atoms with Crippen LogP contribution in [0.1, 0.15) is 31.9 Å². The van der Waals surface area contributed by atoms with Crippen LogP contribution in [-0.4, -0.2) is 31.2 Å². The van der Waals surface area contributed by atoms with Crippen molar-refractivity contribution in [3.05, 3.63) is 59.7 Å². The van der Waals surface area contributed by atoms with Gasteiger partial charge in [-0.05, 0) is 44.5 Å². The first kappa shape index (κ1) is 23.9. The maximum absolute atomic E-state index is 12.6. The molecule has 0 bridgehead atoms. The number of nitrogens with one attached hydrogen (secondary N) is 4. The monoisotopic (exact) mass is 433 g/mol. The van der Waals surface area contributed by atoms with E-state index < -0.39 is 6.61 Å². The number of benzene rings is 2. The lowest BCUT2D eigenvalue weighted by molar-refractivity contribution is -0.0504. The molecule has 2 aromatic rings. The SMILES string of the molecule is CCNC(=NCc1ccc(NC(=O)NC(C)C)cc1)NCc1ccccc1OC(F)F. The number of alkyl halides is 2. The molecule has 0 aliphatic carbocycles. The van der Waals surface area contributed by atoms with E-state index >= 15 is 0 Å². The predicted octanol–water partition coefficient (Wildman–Crippen LogP) is 4.07. The van der Waals surface area contributed by atoms with Crippen LogP contribution >= 0.6 is 0 Å². The van der Waals surface area contributed by atoms with Gasteiger partial charge >= 0.3 is 12.6 Å². The zero-order valence-corrected chi connectivity index (χ0v) is 17.9. The molecule has 0 aromatic heterocycles. The highest BCUT2D eigenvalue weighted by molar-refractivity contribution is 5.89. The molecule has 0 aliphatic rings. The summed E-state index contributed by atoms with van der Waals surface area (Å²) in [5.74, 6) is 0.679. The van der Waals surface area contributed by atoms with E-state index in [2.05, 4.69) is 31.0 Å². The van der Waals surface area contributed by atoms with Crippen LogP contribution in [0.2, 0.25) is 0 Å². The number of hydrogen-bond acceptors (Lipinski definition) is 3. The average Bonchev–Trinajstić information content (AvgIpc) is 2.71. The lowest BCUT2D eigenvalue weighted by atomic mass is 10.2. The molecule has 168 valence electrons. The second-order valence-corrected chi connectivity index (χ2v) is 6.99. The van der Waals surface area contributed by atoms with Crippen LogP contribution in [0.15, 0.2) is 53.5 Å². The zero-order chi connectivity index (χ0) is 22.6. The summed E-state index contributed by atoms with van der Waals surface area (Å²) in [7, 11) is 0. The second kappa shape index (κ2) is 12.4. The van der Waals surface area contributed by atoms with Gasteiger partial charge in [0.1, 0.15) is 5.75 Å². The Hall–Kier alpha value is -3.36. The fourth-order valence-electron chi connectivity index (χ4n) is 2.67. The minimum Gasteiger partial charge on any atom is -0.434 e. The molecule has 0 radical (unpaired) electrons. The molecule has 0 unspecified atom stereocenters. The van der Waals surface area contributed by atoms with Gasteiger partial charge in [-0.15, -0.1) is 0 Å². The first-order valence-electron chi connectivity index (χ1n) is 10.1. The van der Waals surface area contributed by atoms with Crippen LogP contribution in [0.4, 0.5) is 19.3 Å². The number of rotatable bonds is 9. The molecule has 2 aromatic carbocycles. The second-order valence-electron chi connectivity index (χ2n) is 6.99. The van der Waals surface area contributed by atoms with E-state index in [9.17, 15) is 13.6 Å². The average molecular weight is 434 g/mol. The van der Waals surface area contributed by atoms with Crippen LogP contribution in [0.5, 0.6) is 5.75 Å². The Bertz CT molecular complexity index is 857. The first-order chi connectivity index (χ1) is 14.9. The number of hydrogen-bond donors (Lipinski definition) is 4. The van der Waals surface area contributed by atoms with Crippen molar-refractivity contribution >= 4 is 17.7 Å². The summed E-state index contributed by atoms with van der Waals surface area (Å²) in [6, 6.07) is 13.8. The van der Waals surface area contributed by atoms with Gasteiger partial charge < -0.3 is 26.0 Å². The van der Waals surface area contributed by atoms with E-state index in [-0.39, 0.29) is 24.4 Å². The van der Waals surface area contributed by atoms with Gasteiger partial charge in [0.2, 0.25) is 0 Å². The number of halogens is 2. The Kier molecular flexibility index (Phi) is 9.54. The summed E-state index contributed by atoms with van der Waals surface area (Å²) in [5, 5.41) is 11.8. The van der Waals surface area contributed by atoms with E-state index in [0.29, 0.717) is 30.3 Å². The molecule has 0 spiro atoms. The van der Waals surface area contributed by atoms with Crippen LogP contribution in [0, 0.1) is 0 Å². The lowest BCUT2D eigenvalue weighted by Gasteiger charge is -2.14. The lowest BCUT2D eigenvalue weighted by Crippen LogP contribution is -2.36. The Morgan fingerprint density at radius 2 is 1.77 bits per heavy atom. The topological polar surface area (TPSA) is 86.8 Å². The van der Waals surface area contributed by atoms with Crippen molar-refractivity contribution in [3.8, 4) is 5.75 Å². The number of amides is 2. The maximum Gasteiger partial charge on any atom is 0.387 e. The molecule has 9 heteroatoms. The van der Waals surface area contributed by atoms with Crippen LogP contribution in [-0.2, 0) is 13.1 Å². The van der Waals surface area contributed by atoms with Crippen LogP contribution < -0.4 is 26.0 Å². The highest BCUT2D eigenvalue weighted by Crippen LogP contribution is 2.20. The molecule has 2 rings (SSSR count). The number of ether oxygens (including phenoxy) is 1. The Morgan fingerprint density at radius 1 is 1.06 bits per heavy atom. The minimum absolute atomic E-state index is 0.0551. The number of nitrogens with zero attached hydrogens (tertiary/aromatic N) is 1. The molecule has 0 saturated carbocycles. The number of anilines is 1. The van der Waals surface area contributed by atoms with Crippen LogP contribution in [0.3, 0.4) is 0 Å². The smallest absolute Gasteiger partial charge is 0.387 e. The third kappa shape index (κ3) is 8.90. The number of carbonyl (C=O) groups excluding carboxylic acids is 1. The molecule has 2 amide bonds. The molecular weight excluding hydrogens is 404 g/mol. The zero-order valence-electron chi connectivity index (χ0n) is 17.9. The Balaban J connectivity index is 1.96. The van der Waals surface area contributed by atoms with Gasteiger partial charge in [-0.25, -0.2) is 9.79 Å². The van der Waals surface area contributed by atoms with Gasteiger partial charge in [0.15, 0.2) is 5.96 Å². The number of para-hydroxylation sites is 1. The van der Waals surface area contributed by atoms with Gasteiger partial charge in [0.05, 0.1) is 6.54 Å². The maximum atomic E-state index is 12.6. The highest BCUT2D eigenvalue weighted by atomic mass is 19.3. The number of carbonyl (C=O) groups is 1. The van der Waals surface area contributed by atoms with Gasteiger partial charge in [0, 0.05) is 30.4 Å². The third-order valence-corrected chi connectivity index (χ3v) is 4.03. The molecule has 0 saturated heterocycles. The van der Waals surface area contributed by atoms with Crippen molar-refractivity contribution in [2.75, 3.05) is 11.9 Å². The molecule has 0 fully saturated rings. The van der Waals surface area contributed by atoms with E-state index in [1.54, 1.807) is 18.2 Å². The molecule has 0 heterocycles. The van der Waals surface area contributed by atoms with Gasteiger partial charge in [-0.2, -0.15) is 8.78 Å². The van der Waals surface area contributed by atoms with Crippen molar-refractivity contribution in [2.24, 2.45) is 4.99 Å². The highest BCUT2D eigenvalue weighted by Gasteiger charge is 2.09. The summed E-state index contributed by atoms with van der Waals surface area (Å²) in [6.07, 6.45) is 0. The first-order valence-corrected chi connectivity index (χ1v) is 10.1. The van der Waals surface area contributed by atoms with Gasteiger partial charge in [-0.1, -0.05) is 30.3 Å². The van der Waals surface area contributed by atoms with Crippen molar-refractivity contribution < 1.29 is 18.3 Å². The summed E-state index contributed by atoms with van der Waals surface area (Å²) in [6.45, 7) is 4.17. The van der Waals surface area contributed by atoms with E-state index in [1.165, 1.54) is 6.07 Å². The van der Waals surface area contributed by atoms with E-state index in [0.717, 1.165) is 5.56 Å². The van der Waals surface area contributed by atoms with Crippen molar-refractivity contribution in [1.82, 2.24) is 16.0 Å². The normalized spacial score (nSPS) is 11.4. The van der Waals surface area contributed by atoms with Crippen molar-refractivity contribution in [1.29, 1.82) is 0 Å². The van der Waals surface area contributed by atoms with E-state index in [1.807, 2.05) is 45.0 Å².